The van der Waals surface area contributed by atoms with Crippen LogP contribution in [0.2, 0.25) is 0 Å². The lowest BCUT2D eigenvalue weighted by Crippen LogP contribution is -2.01. The van der Waals surface area contributed by atoms with Crippen LogP contribution in [0.4, 0.5) is 0 Å². The molecule has 0 aliphatic carbocycles. The van der Waals surface area contributed by atoms with Crippen molar-refractivity contribution in [2.45, 2.75) is 32.3 Å². The molecular formula is C15H22OS2. The summed E-state index contributed by atoms with van der Waals surface area (Å²) in [5.41, 5.74) is 1.28. The van der Waals surface area contributed by atoms with Gasteiger partial charge in [0.2, 0.25) is 0 Å². The van der Waals surface area contributed by atoms with Crippen LogP contribution in [-0.2, 0) is 11.3 Å². The Morgan fingerprint density at radius 3 is 2.56 bits per heavy atom. The van der Waals surface area contributed by atoms with E-state index in [9.17, 15) is 0 Å². The molecule has 3 heteroatoms. The van der Waals surface area contributed by atoms with Crippen LogP contribution in [0, 0.1) is 5.92 Å². The lowest BCUT2D eigenvalue weighted by Gasteiger charge is -2.07. The van der Waals surface area contributed by atoms with Crippen molar-refractivity contribution in [2.75, 3.05) is 18.1 Å². The maximum atomic E-state index is 5.68. The first-order valence-corrected chi connectivity index (χ1v) is 9.30. The van der Waals surface area contributed by atoms with Crippen molar-refractivity contribution < 1.29 is 4.74 Å². The Morgan fingerprint density at radius 1 is 1.00 bits per heavy atom. The van der Waals surface area contributed by atoms with Gasteiger partial charge < -0.3 is 4.74 Å². The summed E-state index contributed by atoms with van der Waals surface area (Å²) in [6.45, 7) is 1.67. The highest BCUT2D eigenvalue weighted by Crippen LogP contribution is 2.36. The van der Waals surface area contributed by atoms with Gasteiger partial charge in [-0.1, -0.05) is 64.8 Å². The van der Waals surface area contributed by atoms with Crippen LogP contribution in [-0.4, -0.2) is 18.1 Å². The van der Waals surface area contributed by atoms with E-state index < -0.39 is 0 Å². The number of rotatable bonds is 8. The molecule has 1 aromatic rings. The fourth-order valence-electron chi connectivity index (χ4n) is 2.08. The zero-order valence-corrected chi connectivity index (χ0v) is 12.5. The van der Waals surface area contributed by atoms with Crippen LogP contribution in [0.1, 0.15) is 31.2 Å². The van der Waals surface area contributed by atoms with Crippen molar-refractivity contribution in [1.82, 2.24) is 0 Å². The molecule has 18 heavy (non-hydrogen) atoms. The van der Waals surface area contributed by atoms with E-state index in [2.05, 4.69) is 24.3 Å². The summed E-state index contributed by atoms with van der Waals surface area (Å²) in [7, 11) is 4.09. The number of ether oxygens (including phenoxy) is 1. The maximum absolute atomic E-state index is 5.68. The Balaban J connectivity index is 1.42. The van der Waals surface area contributed by atoms with Gasteiger partial charge in [0.1, 0.15) is 0 Å². The molecular weight excluding hydrogens is 260 g/mol. The van der Waals surface area contributed by atoms with Gasteiger partial charge in [0.25, 0.3) is 0 Å². The molecule has 1 saturated heterocycles. The second kappa shape index (κ2) is 8.89. The van der Waals surface area contributed by atoms with Gasteiger partial charge in [-0.25, -0.2) is 0 Å². The zero-order valence-electron chi connectivity index (χ0n) is 10.8. The summed E-state index contributed by atoms with van der Waals surface area (Å²) in [6.07, 6.45) is 5.32. The van der Waals surface area contributed by atoms with Crippen molar-refractivity contribution >= 4 is 21.6 Å². The molecule has 0 bridgehead atoms. The summed E-state index contributed by atoms with van der Waals surface area (Å²) >= 11 is 0. The van der Waals surface area contributed by atoms with Gasteiger partial charge >= 0.3 is 0 Å². The third kappa shape index (κ3) is 5.68. The first-order chi connectivity index (χ1) is 8.95. The predicted octanol–water partition coefficient (Wildman–Crippen LogP) is 4.77. The average Bonchev–Trinajstić information content (AvgIpc) is 2.92. The highest BCUT2D eigenvalue weighted by Gasteiger charge is 2.15. The van der Waals surface area contributed by atoms with E-state index in [1.807, 2.05) is 27.7 Å². The standard InChI is InChI=1S/C15H22OS2/c1-3-7-14(8-4-1)11-16-10-6-2-5-9-15-12-17-18-13-15/h1,3-4,7-8,15H,2,5-6,9-13H2. The molecule has 1 aromatic carbocycles. The van der Waals surface area contributed by atoms with Gasteiger partial charge in [-0.05, 0) is 24.3 Å². The summed E-state index contributed by atoms with van der Waals surface area (Å²) in [4.78, 5) is 0. The minimum Gasteiger partial charge on any atom is -0.377 e. The zero-order chi connectivity index (χ0) is 12.5. The molecule has 2 rings (SSSR count). The third-order valence-electron chi connectivity index (χ3n) is 3.20. The highest BCUT2D eigenvalue weighted by atomic mass is 33.1. The number of hydrogen-bond acceptors (Lipinski definition) is 3. The summed E-state index contributed by atoms with van der Waals surface area (Å²) in [5.74, 6) is 3.72. The summed E-state index contributed by atoms with van der Waals surface area (Å²) in [5, 5.41) is 0. The quantitative estimate of drug-likeness (QED) is 0.502. The minimum atomic E-state index is 0.761. The molecule has 1 aliphatic heterocycles. The molecule has 1 heterocycles. The molecule has 1 aliphatic rings. The molecule has 100 valence electrons. The van der Waals surface area contributed by atoms with Crippen LogP contribution in [0.15, 0.2) is 30.3 Å². The molecule has 0 saturated carbocycles. The number of benzene rings is 1. The van der Waals surface area contributed by atoms with Crippen molar-refractivity contribution in [2.24, 2.45) is 5.92 Å². The third-order valence-corrected chi connectivity index (χ3v) is 5.90. The monoisotopic (exact) mass is 282 g/mol. The molecule has 0 radical (unpaired) electrons. The van der Waals surface area contributed by atoms with Crippen molar-refractivity contribution in [3.63, 3.8) is 0 Å². The fraction of sp³-hybridized carbons (Fsp3) is 0.600. The normalized spacial score (nSPS) is 16.2. The highest BCUT2D eigenvalue weighted by molar-refractivity contribution is 8.77. The van der Waals surface area contributed by atoms with Crippen molar-refractivity contribution in [3.8, 4) is 0 Å². The lowest BCUT2D eigenvalue weighted by molar-refractivity contribution is 0.116. The topological polar surface area (TPSA) is 9.23 Å². The Morgan fingerprint density at radius 2 is 1.78 bits per heavy atom. The van der Waals surface area contributed by atoms with E-state index in [0.29, 0.717) is 0 Å². The largest absolute Gasteiger partial charge is 0.377 e. The van der Waals surface area contributed by atoms with Crippen LogP contribution >= 0.6 is 21.6 Å². The Kier molecular flexibility index (Phi) is 7.06. The average molecular weight is 282 g/mol. The van der Waals surface area contributed by atoms with Gasteiger partial charge in [0.05, 0.1) is 6.61 Å². The lowest BCUT2D eigenvalue weighted by atomic mass is 10.1. The van der Waals surface area contributed by atoms with E-state index in [-0.39, 0.29) is 0 Å². The van der Waals surface area contributed by atoms with Crippen LogP contribution in [0.5, 0.6) is 0 Å². The van der Waals surface area contributed by atoms with Crippen LogP contribution in [0.25, 0.3) is 0 Å². The Labute approximate surface area is 118 Å². The molecule has 1 nitrogen and oxygen atoms in total. The molecule has 1 fully saturated rings. The van der Waals surface area contributed by atoms with Gasteiger partial charge in [0.15, 0.2) is 0 Å². The molecule has 0 atom stereocenters. The van der Waals surface area contributed by atoms with E-state index in [0.717, 1.165) is 19.1 Å². The fourth-order valence-corrected chi connectivity index (χ4v) is 5.11. The van der Waals surface area contributed by atoms with E-state index in [1.165, 1.54) is 42.8 Å². The number of hydrogen-bond donors (Lipinski definition) is 0. The second-order valence-corrected chi connectivity index (χ2v) is 7.37. The van der Waals surface area contributed by atoms with Gasteiger partial charge in [-0.2, -0.15) is 0 Å². The maximum Gasteiger partial charge on any atom is 0.0716 e. The molecule has 0 aromatic heterocycles. The first kappa shape index (κ1) is 14.3. The summed E-state index contributed by atoms with van der Waals surface area (Å²) in [6, 6.07) is 10.4. The smallest absolute Gasteiger partial charge is 0.0716 e. The minimum absolute atomic E-state index is 0.761. The summed E-state index contributed by atoms with van der Waals surface area (Å²) < 4.78 is 5.68. The molecule has 0 amide bonds. The SMILES string of the molecule is c1ccc(COCCCCCC2CSSC2)cc1. The predicted molar refractivity (Wildman–Crippen MR) is 83.0 cm³/mol. The van der Waals surface area contributed by atoms with Crippen LogP contribution < -0.4 is 0 Å². The Hall–Kier alpha value is -0.120. The van der Waals surface area contributed by atoms with Gasteiger partial charge in [-0.15, -0.1) is 0 Å². The van der Waals surface area contributed by atoms with E-state index in [4.69, 9.17) is 4.74 Å². The molecule has 0 unspecified atom stereocenters. The number of unbranched alkanes of at least 4 members (excludes halogenated alkanes) is 2. The molecule has 0 spiro atoms. The first-order valence-electron chi connectivity index (χ1n) is 6.81. The van der Waals surface area contributed by atoms with Crippen molar-refractivity contribution in [3.05, 3.63) is 35.9 Å². The van der Waals surface area contributed by atoms with Gasteiger partial charge in [-0.3, -0.25) is 0 Å². The van der Waals surface area contributed by atoms with Crippen LogP contribution in [0.3, 0.4) is 0 Å². The van der Waals surface area contributed by atoms with Crippen molar-refractivity contribution in [1.29, 1.82) is 0 Å². The van der Waals surface area contributed by atoms with Gasteiger partial charge in [0, 0.05) is 18.1 Å². The second-order valence-electron chi connectivity index (χ2n) is 4.82. The van der Waals surface area contributed by atoms with E-state index in [1.54, 1.807) is 0 Å². The van der Waals surface area contributed by atoms with E-state index >= 15 is 0 Å². The Bertz CT molecular complexity index is 310. The molecule has 0 N–H and O–H groups in total.